The molecular weight excluding hydrogens is 246 g/mol. The van der Waals surface area contributed by atoms with Crippen LogP contribution >= 0.6 is 11.8 Å². The quantitative estimate of drug-likeness (QED) is 0.588. The van der Waals surface area contributed by atoms with Crippen LogP contribution < -0.4 is 5.32 Å². The van der Waals surface area contributed by atoms with E-state index in [-0.39, 0.29) is 5.97 Å². The van der Waals surface area contributed by atoms with Gasteiger partial charge in [-0.25, -0.2) is 0 Å². The van der Waals surface area contributed by atoms with Crippen molar-refractivity contribution in [2.75, 3.05) is 19.4 Å². The third-order valence-corrected chi connectivity index (χ3v) is 4.50. The lowest BCUT2D eigenvalue weighted by Crippen LogP contribution is -2.38. The molecule has 18 heavy (non-hydrogen) atoms. The molecule has 108 valence electrons. The summed E-state index contributed by atoms with van der Waals surface area (Å²) in [6, 6.07) is 0.572. The first-order valence-electron chi connectivity index (χ1n) is 7.11. The number of hydrogen-bond acceptors (Lipinski definition) is 4. The van der Waals surface area contributed by atoms with Gasteiger partial charge in [-0.15, -0.1) is 0 Å². The van der Waals surface area contributed by atoms with Gasteiger partial charge < -0.3 is 10.1 Å². The second-order valence-corrected chi connectivity index (χ2v) is 5.84. The SMILES string of the molecule is CCCNC(CCC)C(CC)SCCC(=O)OC. The highest BCUT2D eigenvalue weighted by Crippen LogP contribution is 2.22. The first-order chi connectivity index (χ1) is 8.69. The van der Waals surface area contributed by atoms with Gasteiger partial charge in [-0.1, -0.05) is 27.2 Å². The summed E-state index contributed by atoms with van der Waals surface area (Å²) in [6.45, 7) is 7.73. The van der Waals surface area contributed by atoms with E-state index in [1.807, 2.05) is 11.8 Å². The van der Waals surface area contributed by atoms with Crippen LogP contribution in [0.25, 0.3) is 0 Å². The molecule has 0 rings (SSSR count). The second kappa shape index (κ2) is 11.8. The zero-order valence-electron chi connectivity index (χ0n) is 12.3. The van der Waals surface area contributed by atoms with Gasteiger partial charge in [-0.05, 0) is 25.8 Å². The van der Waals surface area contributed by atoms with Crippen molar-refractivity contribution < 1.29 is 9.53 Å². The highest BCUT2D eigenvalue weighted by Gasteiger charge is 2.19. The monoisotopic (exact) mass is 275 g/mol. The molecule has 4 heteroatoms. The van der Waals surface area contributed by atoms with E-state index in [0.29, 0.717) is 17.7 Å². The number of carbonyl (C=O) groups excluding carboxylic acids is 1. The minimum atomic E-state index is -0.106. The number of nitrogens with one attached hydrogen (secondary N) is 1. The third kappa shape index (κ3) is 7.98. The molecule has 0 bridgehead atoms. The Labute approximate surface area is 116 Å². The van der Waals surface area contributed by atoms with Gasteiger partial charge >= 0.3 is 5.97 Å². The van der Waals surface area contributed by atoms with E-state index in [1.54, 1.807) is 0 Å². The van der Waals surface area contributed by atoms with Gasteiger partial charge in [-0.2, -0.15) is 11.8 Å². The van der Waals surface area contributed by atoms with E-state index in [2.05, 4.69) is 30.8 Å². The molecule has 0 fully saturated rings. The number of thioether (sulfide) groups is 1. The molecule has 0 heterocycles. The normalized spacial score (nSPS) is 14.2. The fraction of sp³-hybridized carbons (Fsp3) is 0.929. The van der Waals surface area contributed by atoms with Crippen molar-refractivity contribution in [2.24, 2.45) is 0 Å². The Morgan fingerprint density at radius 2 is 2.00 bits per heavy atom. The zero-order chi connectivity index (χ0) is 13.8. The minimum absolute atomic E-state index is 0.106. The summed E-state index contributed by atoms with van der Waals surface area (Å²) in [4.78, 5) is 11.1. The summed E-state index contributed by atoms with van der Waals surface area (Å²) in [7, 11) is 1.45. The van der Waals surface area contributed by atoms with Gasteiger partial charge in [0, 0.05) is 17.0 Å². The number of carbonyl (C=O) groups is 1. The summed E-state index contributed by atoms with van der Waals surface area (Å²) in [5, 5.41) is 4.23. The molecule has 0 spiro atoms. The third-order valence-electron chi connectivity index (χ3n) is 2.97. The van der Waals surface area contributed by atoms with E-state index in [9.17, 15) is 4.79 Å². The molecule has 0 aliphatic heterocycles. The van der Waals surface area contributed by atoms with Crippen LogP contribution in [0.1, 0.15) is 52.9 Å². The number of rotatable bonds is 11. The summed E-state index contributed by atoms with van der Waals surface area (Å²) in [5.41, 5.74) is 0. The Hall–Kier alpha value is -0.220. The molecule has 1 N–H and O–H groups in total. The fourth-order valence-electron chi connectivity index (χ4n) is 1.97. The highest BCUT2D eigenvalue weighted by atomic mass is 32.2. The molecule has 0 saturated heterocycles. The summed E-state index contributed by atoms with van der Waals surface area (Å²) in [6.07, 6.45) is 5.25. The minimum Gasteiger partial charge on any atom is -0.469 e. The van der Waals surface area contributed by atoms with E-state index in [4.69, 9.17) is 0 Å². The van der Waals surface area contributed by atoms with Gasteiger partial charge in [-0.3, -0.25) is 4.79 Å². The van der Waals surface area contributed by atoms with Crippen LogP contribution in [0.4, 0.5) is 0 Å². The van der Waals surface area contributed by atoms with Crippen molar-refractivity contribution in [2.45, 2.75) is 64.2 Å². The van der Waals surface area contributed by atoms with Gasteiger partial charge in [0.1, 0.15) is 0 Å². The molecule has 0 aliphatic rings. The van der Waals surface area contributed by atoms with Crippen LogP contribution in [0.3, 0.4) is 0 Å². The Bertz CT molecular complexity index is 212. The topological polar surface area (TPSA) is 38.3 Å². The molecule has 0 aromatic rings. The molecule has 0 aromatic heterocycles. The molecule has 0 aliphatic carbocycles. The maximum Gasteiger partial charge on any atom is 0.306 e. The summed E-state index contributed by atoms with van der Waals surface area (Å²) < 4.78 is 4.67. The zero-order valence-corrected chi connectivity index (χ0v) is 13.1. The van der Waals surface area contributed by atoms with Crippen molar-refractivity contribution in [3.8, 4) is 0 Å². The van der Waals surface area contributed by atoms with Crippen LogP contribution in [0.5, 0.6) is 0 Å². The largest absolute Gasteiger partial charge is 0.469 e. The molecule has 2 atom stereocenters. The van der Waals surface area contributed by atoms with Gasteiger partial charge in [0.05, 0.1) is 13.5 Å². The summed E-state index contributed by atoms with van der Waals surface area (Å²) >= 11 is 1.90. The van der Waals surface area contributed by atoms with Crippen LogP contribution in [0.15, 0.2) is 0 Å². The highest BCUT2D eigenvalue weighted by molar-refractivity contribution is 7.99. The molecule has 0 amide bonds. The molecule has 0 radical (unpaired) electrons. The predicted molar refractivity (Wildman–Crippen MR) is 80.2 cm³/mol. The Kier molecular flexibility index (Phi) is 11.7. The van der Waals surface area contributed by atoms with Crippen LogP contribution in [0, 0.1) is 0 Å². The van der Waals surface area contributed by atoms with Crippen LogP contribution in [0.2, 0.25) is 0 Å². The molecule has 2 unspecified atom stereocenters. The van der Waals surface area contributed by atoms with Crippen LogP contribution in [-0.2, 0) is 9.53 Å². The molecule has 3 nitrogen and oxygen atoms in total. The Morgan fingerprint density at radius 1 is 1.28 bits per heavy atom. The molecule has 0 saturated carbocycles. The number of esters is 1. The van der Waals surface area contributed by atoms with Crippen molar-refractivity contribution in [3.05, 3.63) is 0 Å². The lowest BCUT2D eigenvalue weighted by Gasteiger charge is -2.26. The van der Waals surface area contributed by atoms with Crippen molar-refractivity contribution in [3.63, 3.8) is 0 Å². The van der Waals surface area contributed by atoms with E-state index >= 15 is 0 Å². The first kappa shape index (κ1) is 17.8. The average Bonchev–Trinajstić information content (AvgIpc) is 2.39. The average molecular weight is 275 g/mol. The molecular formula is C14H29NO2S. The van der Waals surface area contributed by atoms with Crippen molar-refractivity contribution in [1.29, 1.82) is 0 Å². The molecule has 0 aromatic carbocycles. The lowest BCUT2D eigenvalue weighted by atomic mass is 10.1. The van der Waals surface area contributed by atoms with E-state index < -0.39 is 0 Å². The fourth-order valence-corrected chi connectivity index (χ4v) is 3.26. The first-order valence-corrected chi connectivity index (χ1v) is 8.16. The second-order valence-electron chi connectivity index (χ2n) is 4.49. The number of ether oxygens (including phenoxy) is 1. The summed E-state index contributed by atoms with van der Waals surface area (Å²) in [5.74, 6) is 0.755. The Morgan fingerprint density at radius 3 is 2.50 bits per heavy atom. The van der Waals surface area contributed by atoms with E-state index in [0.717, 1.165) is 18.7 Å². The van der Waals surface area contributed by atoms with Crippen LogP contribution in [-0.4, -0.2) is 36.7 Å². The Balaban J connectivity index is 4.09. The van der Waals surface area contributed by atoms with Crippen molar-refractivity contribution in [1.82, 2.24) is 5.32 Å². The van der Waals surface area contributed by atoms with E-state index in [1.165, 1.54) is 26.4 Å². The number of hydrogen-bond donors (Lipinski definition) is 1. The smallest absolute Gasteiger partial charge is 0.306 e. The standard InChI is InChI=1S/C14H29NO2S/c1-5-8-12(15-10-6-2)13(7-3)18-11-9-14(16)17-4/h12-13,15H,5-11H2,1-4H3. The van der Waals surface area contributed by atoms with Gasteiger partial charge in [0.2, 0.25) is 0 Å². The number of methoxy groups -OCH3 is 1. The lowest BCUT2D eigenvalue weighted by molar-refractivity contribution is -0.140. The predicted octanol–water partition coefficient (Wildman–Crippen LogP) is 3.23. The van der Waals surface area contributed by atoms with Gasteiger partial charge in [0.25, 0.3) is 0 Å². The van der Waals surface area contributed by atoms with Gasteiger partial charge in [0.15, 0.2) is 0 Å². The van der Waals surface area contributed by atoms with Crippen molar-refractivity contribution >= 4 is 17.7 Å². The maximum atomic E-state index is 11.1. The maximum absolute atomic E-state index is 11.1.